The van der Waals surface area contributed by atoms with Crippen LogP contribution in [0.15, 0.2) is 41.2 Å². The number of rotatable bonds is 2. The second kappa shape index (κ2) is 5.58. The Morgan fingerprint density at radius 1 is 1.17 bits per heavy atom. The Labute approximate surface area is 135 Å². The van der Waals surface area contributed by atoms with Crippen molar-refractivity contribution >= 4 is 28.4 Å². The predicted octanol–water partition coefficient (Wildman–Crippen LogP) is 1.04. The number of ether oxygens (including phenoxy) is 1. The SMILES string of the molecule is COC(=O)c1c(N)c2ccc(O)nc2n(-c2ccc(N)cc2)c1=O. The smallest absolute Gasteiger partial charge is 0.345 e. The lowest BCUT2D eigenvalue weighted by Gasteiger charge is -2.14. The average molecular weight is 326 g/mol. The van der Waals surface area contributed by atoms with Gasteiger partial charge in [0.15, 0.2) is 5.65 Å². The molecule has 2 heterocycles. The van der Waals surface area contributed by atoms with Gasteiger partial charge in [0.2, 0.25) is 5.88 Å². The predicted molar refractivity (Wildman–Crippen MR) is 89.2 cm³/mol. The first-order chi connectivity index (χ1) is 11.4. The van der Waals surface area contributed by atoms with Gasteiger partial charge in [0, 0.05) is 17.1 Å². The summed E-state index contributed by atoms with van der Waals surface area (Å²) in [6, 6.07) is 9.19. The van der Waals surface area contributed by atoms with Crippen molar-refractivity contribution in [3.05, 3.63) is 52.3 Å². The monoisotopic (exact) mass is 326 g/mol. The molecule has 3 aromatic rings. The maximum absolute atomic E-state index is 12.8. The highest BCUT2D eigenvalue weighted by Crippen LogP contribution is 2.26. The highest BCUT2D eigenvalue weighted by Gasteiger charge is 2.23. The van der Waals surface area contributed by atoms with Crippen molar-refractivity contribution in [2.45, 2.75) is 0 Å². The first kappa shape index (κ1) is 15.3. The Kier molecular flexibility index (Phi) is 3.57. The molecule has 0 aliphatic rings. The molecular formula is C16H14N4O4. The minimum absolute atomic E-state index is 0.0546. The Balaban J connectivity index is 2.50. The summed E-state index contributed by atoms with van der Waals surface area (Å²) in [5.74, 6) is -1.13. The molecular weight excluding hydrogens is 312 g/mol. The van der Waals surface area contributed by atoms with Crippen molar-refractivity contribution in [3.8, 4) is 11.6 Å². The van der Waals surface area contributed by atoms with Crippen LogP contribution in [0.25, 0.3) is 16.7 Å². The normalized spacial score (nSPS) is 10.7. The summed E-state index contributed by atoms with van der Waals surface area (Å²) in [6.07, 6.45) is 0. The van der Waals surface area contributed by atoms with Gasteiger partial charge in [-0.05, 0) is 30.3 Å². The van der Waals surface area contributed by atoms with Gasteiger partial charge in [0.05, 0.1) is 18.5 Å². The molecule has 8 nitrogen and oxygen atoms in total. The molecule has 5 N–H and O–H groups in total. The first-order valence-corrected chi connectivity index (χ1v) is 6.92. The molecule has 0 unspecified atom stereocenters. The standard InChI is InChI=1S/C16H14N4O4/c1-24-16(23)12-13(18)10-6-7-11(21)19-14(10)20(15(12)22)9-4-2-8(17)3-5-9/h2-7H,17-18H2,1H3,(H,19,21). The first-order valence-electron chi connectivity index (χ1n) is 6.92. The number of anilines is 2. The maximum Gasteiger partial charge on any atom is 0.345 e. The Bertz CT molecular complexity index is 1010. The molecule has 122 valence electrons. The van der Waals surface area contributed by atoms with E-state index in [0.717, 1.165) is 7.11 Å². The van der Waals surface area contributed by atoms with E-state index in [-0.39, 0.29) is 22.8 Å². The van der Waals surface area contributed by atoms with Gasteiger partial charge in [-0.25, -0.2) is 4.79 Å². The molecule has 24 heavy (non-hydrogen) atoms. The maximum atomic E-state index is 12.8. The largest absolute Gasteiger partial charge is 0.493 e. The molecule has 0 radical (unpaired) electrons. The van der Waals surface area contributed by atoms with E-state index in [1.54, 1.807) is 24.3 Å². The number of hydrogen-bond donors (Lipinski definition) is 3. The molecule has 0 spiro atoms. The number of nitrogens with zero attached hydrogens (tertiary/aromatic N) is 2. The van der Waals surface area contributed by atoms with Crippen molar-refractivity contribution < 1.29 is 14.6 Å². The zero-order valence-corrected chi connectivity index (χ0v) is 12.7. The number of methoxy groups -OCH3 is 1. The lowest BCUT2D eigenvalue weighted by molar-refractivity contribution is 0.0600. The Morgan fingerprint density at radius 2 is 1.83 bits per heavy atom. The number of fused-ring (bicyclic) bond motifs is 1. The third kappa shape index (κ3) is 2.30. The van der Waals surface area contributed by atoms with Gasteiger partial charge in [-0.15, -0.1) is 0 Å². The molecule has 0 fully saturated rings. The number of pyridine rings is 2. The van der Waals surface area contributed by atoms with Crippen LogP contribution in [0.5, 0.6) is 5.88 Å². The van der Waals surface area contributed by atoms with Crippen LogP contribution < -0.4 is 17.0 Å². The van der Waals surface area contributed by atoms with Crippen LogP contribution in [0, 0.1) is 0 Å². The lowest BCUT2D eigenvalue weighted by atomic mass is 10.1. The lowest BCUT2D eigenvalue weighted by Crippen LogP contribution is -2.28. The van der Waals surface area contributed by atoms with E-state index in [1.807, 2.05) is 0 Å². The van der Waals surface area contributed by atoms with E-state index in [2.05, 4.69) is 9.72 Å². The molecule has 0 atom stereocenters. The van der Waals surface area contributed by atoms with E-state index in [1.165, 1.54) is 16.7 Å². The van der Waals surface area contributed by atoms with Gasteiger partial charge in [-0.3, -0.25) is 9.36 Å². The minimum atomic E-state index is -0.850. The summed E-state index contributed by atoms with van der Waals surface area (Å²) in [7, 11) is 1.16. The Hall–Kier alpha value is -3.55. The molecule has 0 bridgehead atoms. The van der Waals surface area contributed by atoms with Crippen molar-refractivity contribution in [2.75, 3.05) is 18.6 Å². The molecule has 1 aromatic carbocycles. The van der Waals surface area contributed by atoms with Crippen molar-refractivity contribution in [1.82, 2.24) is 9.55 Å². The molecule has 0 saturated heterocycles. The van der Waals surface area contributed by atoms with Crippen LogP contribution in [0.4, 0.5) is 11.4 Å². The van der Waals surface area contributed by atoms with Gasteiger partial charge in [-0.2, -0.15) is 4.98 Å². The number of hydrogen-bond acceptors (Lipinski definition) is 7. The van der Waals surface area contributed by atoms with Gasteiger partial charge in [-0.1, -0.05) is 0 Å². The van der Waals surface area contributed by atoms with Crippen LogP contribution in [-0.4, -0.2) is 27.7 Å². The van der Waals surface area contributed by atoms with E-state index < -0.39 is 11.5 Å². The third-order valence-electron chi connectivity index (χ3n) is 3.59. The van der Waals surface area contributed by atoms with E-state index in [0.29, 0.717) is 16.8 Å². The highest BCUT2D eigenvalue weighted by atomic mass is 16.5. The van der Waals surface area contributed by atoms with Crippen molar-refractivity contribution in [3.63, 3.8) is 0 Å². The van der Waals surface area contributed by atoms with Gasteiger partial charge in [0.1, 0.15) is 5.56 Å². The Morgan fingerprint density at radius 3 is 2.46 bits per heavy atom. The van der Waals surface area contributed by atoms with Crippen molar-refractivity contribution in [2.24, 2.45) is 0 Å². The fraction of sp³-hybridized carbons (Fsp3) is 0.0625. The topological polar surface area (TPSA) is 133 Å². The summed E-state index contributed by atoms with van der Waals surface area (Å²) < 4.78 is 5.84. The molecule has 8 heteroatoms. The number of carbonyl (C=O) groups excluding carboxylic acids is 1. The fourth-order valence-electron chi connectivity index (χ4n) is 2.44. The van der Waals surface area contributed by atoms with Crippen LogP contribution in [0.2, 0.25) is 0 Å². The van der Waals surface area contributed by atoms with Crippen LogP contribution in [0.3, 0.4) is 0 Å². The van der Waals surface area contributed by atoms with Crippen LogP contribution >= 0.6 is 0 Å². The molecule has 0 saturated carbocycles. The zero-order valence-electron chi connectivity index (χ0n) is 12.7. The van der Waals surface area contributed by atoms with Gasteiger partial charge >= 0.3 is 5.97 Å². The summed E-state index contributed by atoms with van der Waals surface area (Å²) in [5, 5.41) is 10.0. The van der Waals surface area contributed by atoms with Crippen molar-refractivity contribution in [1.29, 1.82) is 0 Å². The average Bonchev–Trinajstić information content (AvgIpc) is 2.56. The second-order valence-corrected chi connectivity index (χ2v) is 5.05. The molecule has 0 aliphatic carbocycles. The van der Waals surface area contributed by atoms with E-state index in [4.69, 9.17) is 11.5 Å². The number of nitrogens with two attached hydrogens (primary N) is 2. The molecule has 2 aromatic heterocycles. The summed E-state index contributed by atoms with van der Waals surface area (Å²) in [6.45, 7) is 0. The van der Waals surface area contributed by atoms with Gasteiger partial charge in [0.25, 0.3) is 5.56 Å². The quantitative estimate of drug-likeness (QED) is 0.473. The minimum Gasteiger partial charge on any atom is -0.493 e. The molecule has 0 aliphatic heterocycles. The number of esters is 1. The number of benzene rings is 1. The number of aromatic hydroxyl groups is 1. The van der Waals surface area contributed by atoms with Crippen LogP contribution in [-0.2, 0) is 4.74 Å². The van der Waals surface area contributed by atoms with E-state index in [9.17, 15) is 14.7 Å². The van der Waals surface area contributed by atoms with Gasteiger partial charge < -0.3 is 21.3 Å². The molecule has 3 rings (SSSR count). The zero-order chi connectivity index (χ0) is 17.4. The summed E-state index contributed by atoms with van der Waals surface area (Å²) >= 11 is 0. The number of carbonyl (C=O) groups is 1. The van der Waals surface area contributed by atoms with E-state index >= 15 is 0 Å². The second-order valence-electron chi connectivity index (χ2n) is 5.05. The van der Waals surface area contributed by atoms with Crippen LogP contribution in [0.1, 0.15) is 10.4 Å². The summed E-state index contributed by atoms with van der Waals surface area (Å²) in [4.78, 5) is 28.8. The number of aromatic nitrogens is 2. The third-order valence-corrected chi connectivity index (χ3v) is 3.59. The summed E-state index contributed by atoms with van der Waals surface area (Å²) in [5.41, 5.74) is 11.6. The highest BCUT2D eigenvalue weighted by molar-refractivity contribution is 6.03. The fourth-order valence-corrected chi connectivity index (χ4v) is 2.44. The molecule has 0 amide bonds. The number of nitrogen functional groups attached to an aromatic ring is 2.